The number of nitrogens with one attached hydrogen (secondary N) is 2. The van der Waals surface area contributed by atoms with Gasteiger partial charge in [0.25, 0.3) is 5.17 Å². The molecule has 2 atom stereocenters. The van der Waals surface area contributed by atoms with Gasteiger partial charge in [-0.1, -0.05) is 6.07 Å². The molecule has 2 aliphatic heterocycles. The van der Waals surface area contributed by atoms with Gasteiger partial charge in [-0.25, -0.2) is 4.39 Å². The Kier molecular flexibility index (Phi) is 5.71. The summed E-state index contributed by atoms with van der Waals surface area (Å²) in [5.74, 6) is -0.540. The number of benzene rings is 1. The highest BCUT2D eigenvalue weighted by atomic mass is 32.1. The molecule has 2 N–H and O–H groups in total. The number of ether oxygens (including phenoxy) is 1. The number of nitrogens with zero attached hydrogens (tertiary/aromatic N) is 4. The van der Waals surface area contributed by atoms with Crippen molar-refractivity contribution in [3.8, 4) is 0 Å². The van der Waals surface area contributed by atoms with E-state index >= 15 is 0 Å². The van der Waals surface area contributed by atoms with Gasteiger partial charge in [0.15, 0.2) is 0 Å². The number of halogens is 1. The van der Waals surface area contributed by atoms with Crippen LogP contribution in [0.1, 0.15) is 18.5 Å². The zero-order chi connectivity index (χ0) is 18.5. The minimum absolute atomic E-state index is 0.121. The highest BCUT2D eigenvalue weighted by Crippen LogP contribution is 2.27. The van der Waals surface area contributed by atoms with Crippen molar-refractivity contribution in [2.45, 2.75) is 19.0 Å². The monoisotopic (exact) mass is 378 g/mol. The Bertz CT molecular complexity index is 744. The highest BCUT2D eigenvalue weighted by molar-refractivity contribution is 7.80. The van der Waals surface area contributed by atoms with Gasteiger partial charge in [0.2, 0.25) is 5.91 Å². The zero-order valence-corrected chi connectivity index (χ0v) is 15.0. The van der Waals surface area contributed by atoms with Crippen LogP contribution >= 0.6 is 12.2 Å². The van der Waals surface area contributed by atoms with Crippen LogP contribution in [0.2, 0.25) is 0 Å². The van der Waals surface area contributed by atoms with Crippen LogP contribution in [0.15, 0.2) is 33.6 Å². The molecule has 26 heavy (non-hydrogen) atoms. The minimum Gasteiger partial charge on any atom is -0.471 e. The first-order chi connectivity index (χ1) is 12.6. The molecule has 10 heteroatoms. The fourth-order valence-corrected chi connectivity index (χ4v) is 3.10. The van der Waals surface area contributed by atoms with Gasteiger partial charge in [0.05, 0.1) is 31.1 Å². The highest BCUT2D eigenvalue weighted by Gasteiger charge is 2.27. The van der Waals surface area contributed by atoms with Crippen molar-refractivity contribution >= 4 is 35.2 Å². The number of thiocarbonyl (C=S) groups is 1. The summed E-state index contributed by atoms with van der Waals surface area (Å²) in [7, 11) is 0. The van der Waals surface area contributed by atoms with Crippen LogP contribution in [0, 0.1) is 5.82 Å². The molecule has 2 unspecified atom stereocenters. The molecule has 8 nitrogen and oxygen atoms in total. The van der Waals surface area contributed by atoms with Gasteiger partial charge in [-0.05, 0) is 42.1 Å². The number of carbonyl (C=O) groups excluding carboxylic acids is 1. The van der Waals surface area contributed by atoms with Crippen LogP contribution in [0.25, 0.3) is 0 Å². The largest absolute Gasteiger partial charge is 0.471 e. The predicted octanol–water partition coefficient (Wildman–Crippen LogP) is 1.53. The molecule has 1 aromatic carbocycles. The van der Waals surface area contributed by atoms with Gasteiger partial charge >= 0.3 is 0 Å². The molecule has 1 fully saturated rings. The third-order valence-electron chi connectivity index (χ3n) is 4.06. The number of hydrogen-bond donors (Lipinski definition) is 2. The Morgan fingerprint density at radius 3 is 3.08 bits per heavy atom. The quantitative estimate of drug-likeness (QED) is 0.759. The van der Waals surface area contributed by atoms with E-state index in [4.69, 9.17) is 17.0 Å². The normalized spacial score (nSPS) is 20.0. The van der Waals surface area contributed by atoms with Gasteiger partial charge < -0.3 is 20.3 Å². The molecule has 0 bridgehead atoms. The smallest absolute Gasteiger partial charge is 0.257 e. The molecular weight excluding hydrogens is 359 g/mol. The molecule has 138 valence electrons. The molecule has 0 aromatic heterocycles. The lowest BCUT2D eigenvalue weighted by molar-refractivity contribution is -0.120. The van der Waals surface area contributed by atoms with Crippen LogP contribution in [-0.2, 0) is 9.53 Å². The summed E-state index contributed by atoms with van der Waals surface area (Å²) in [6.45, 7) is 3.43. The number of anilines is 1. The maximum absolute atomic E-state index is 14.7. The van der Waals surface area contributed by atoms with Gasteiger partial charge in [-0.15, -0.1) is 5.10 Å². The molecule has 2 heterocycles. The first-order valence-electron chi connectivity index (χ1n) is 8.26. The van der Waals surface area contributed by atoms with Crippen molar-refractivity contribution in [1.82, 2.24) is 10.6 Å². The van der Waals surface area contributed by atoms with Crippen molar-refractivity contribution in [1.29, 1.82) is 0 Å². The Balaban J connectivity index is 1.83. The zero-order valence-electron chi connectivity index (χ0n) is 14.2. The standard InChI is InChI=1S/C16H19FN6O2S/c1-2-25-16(26)20-15(12-8-19-22-21-12)10-3-4-13(11(17)7-10)23-6-5-18-14(24)9-23/h3-4,7-8,12,15H,2,5-6,9H2,1H3,(H,18,24)(H,20,26). The molecule has 2 aliphatic rings. The first-order valence-corrected chi connectivity index (χ1v) is 8.67. The second kappa shape index (κ2) is 8.17. The number of carbonyl (C=O) groups is 1. The third-order valence-corrected chi connectivity index (χ3v) is 4.29. The molecule has 0 saturated carbocycles. The van der Waals surface area contributed by atoms with Gasteiger partial charge in [0, 0.05) is 13.1 Å². The van der Waals surface area contributed by atoms with Crippen LogP contribution in [0.5, 0.6) is 0 Å². The molecule has 1 saturated heterocycles. The van der Waals surface area contributed by atoms with E-state index in [0.29, 0.717) is 30.9 Å². The molecular formula is C16H19FN6O2S. The SMILES string of the molecule is CCOC(=S)NC(c1ccc(N2CCNC(=O)C2)c(F)c1)C1C=NN=N1. The first kappa shape index (κ1) is 18.2. The minimum atomic E-state index is -0.461. The maximum atomic E-state index is 14.7. The average molecular weight is 378 g/mol. The Labute approximate surface area is 155 Å². The van der Waals surface area contributed by atoms with Gasteiger partial charge in [0.1, 0.15) is 11.9 Å². The summed E-state index contributed by atoms with van der Waals surface area (Å²) in [6, 6.07) is 3.97. The van der Waals surface area contributed by atoms with Crippen LogP contribution < -0.4 is 15.5 Å². The molecule has 1 aromatic rings. The summed E-state index contributed by atoms with van der Waals surface area (Å²) in [6.07, 6.45) is 1.56. The summed E-state index contributed by atoms with van der Waals surface area (Å²) in [5.41, 5.74) is 1.02. The summed E-state index contributed by atoms with van der Waals surface area (Å²) >= 11 is 5.14. The number of rotatable bonds is 5. The van der Waals surface area contributed by atoms with E-state index in [2.05, 4.69) is 26.1 Å². The van der Waals surface area contributed by atoms with E-state index in [1.54, 1.807) is 23.2 Å². The Hall–Kier alpha value is -2.62. The van der Waals surface area contributed by atoms with Gasteiger partial charge in [-0.3, -0.25) is 4.79 Å². The van der Waals surface area contributed by atoms with E-state index in [-0.39, 0.29) is 17.6 Å². The van der Waals surface area contributed by atoms with Crippen LogP contribution in [0.3, 0.4) is 0 Å². The average Bonchev–Trinajstić information content (AvgIpc) is 3.14. The van der Waals surface area contributed by atoms with Crippen molar-refractivity contribution < 1.29 is 13.9 Å². The maximum Gasteiger partial charge on any atom is 0.257 e. The lowest BCUT2D eigenvalue weighted by Crippen LogP contribution is -2.48. The molecule has 0 spiro atoms. The number of amides is 1. The summed E-state index contributed by atoms with van der Waals surface area (Å²) in [5, 5.41) is 17.3. The summed E-state index contributed by atoms with van der Waals surface area (Å²) in [4.78, 5) is 13.2. The fraction of sp³-hybridized carbons (Fsp3) is 0.438. The van der Waals surface area contributed by atoms with Gasteiger partial charge in [-0.2, -0.15) is 5.11 Å². The lowest BCUT2D eigenvalue weighted by atomic mass is 9.99. The van der Waals surface area contributed by atoms with E-state index in [9.17, 15) is 9.18 Å². The topological polar surface area (TPSA) is 90.7 Å². The van der Waals surface area contributed by atoms with Crippen molar-refractivity contribution in [2.75, 3.05) is 31.1 Å². The van der Waals surface area contributed by atoms with Crippen molar-refractivity contribution in [3.63, 3.8) is 0 Å². The lowest BCUT2D eigenvalue weighted by Gasteiger charge is -2.29. The van der Waals surface area contributed by atoms with E-state index in [1.165, 1.54) is 6.07 Å². The number of hydrogen-bond acceptors (Lipinski definition) is 7. The Morgan fingerprint density at radius 1 is 1.58 bits per heavy atom. The Morgan fingerprint density at radius 2 is 2.42 bits per heavy atom. The third kappa shape index (κ3) is 4.13. The summed E-state index contributed by atoms with van der Waals surface area (Å²) < 4.78 is 20.0. The number of piperazine rings is 1. The van der Waals surface area contributed by atoms with E-state index in [0.717, 1.165) is 0 Å². The van der Waals surface area contributed by atoms with Crippen molar-refractivity contribution in [2.24, 2.45) is 15.4 Å². The molecule has 3 rings (SSSR count). The van der Waals surface area contributed by atoms with E-state index in [1.807, 2.05) is 6.92 Å². The second-order valence-electron chi connectivity index (χ2n) is 5.78. The predicted molar refractivity (Wildman–Crippen MR) is 98.9 cm³/mol. The fourth-order valence-electron chi connectivity index (χ4n) is 2.85. The molecule has 0 aliphatic carbocycles. The van der Waals surface area contributed by atoms with E-state index < -0.39 is 17.9 Å². The van der Waals surface area contributed by atoms with Crippen LogP contribution in [-0.4, -0.2) is 49.6 Å². The molecule has 1 amide bonds. The molecule has 0 radical (unpaired) electrons. The van der Waals surface area contributed by atoms with Crippen LogP contribution in [0.4, 0.5) is 10.1 Å². The second-order valence-corrected chi connectivity index (χ2v) is 6.16. The van der Waals surface area contributed by atoms with Crippen molar-refractivity contribution in [3.05, 3.63) is 29.6 Å².